The molecule has 1 atom stereocenters. The van der Waals surface area contributed by atoms with Gasteiger partial charge in [0.15, 0.2) is 0 Å². The molecule has 19 heavy (non-hydrogen) atoms. The highest BCUT2D eigenvalue weighted by atomic mass is 16.1. The summed E-state index contributed by atoms with van der Waals surface area (Å²) in [5, 5.41) is 6.34. The van der Waals surface area contributed by atoms with Crippen molar-refractivity contribution >= 4 is 5.91 Å². The van der Waals surface area contributed by atoms with Crippen molar-refractivity contribution in [3.05, 3.63) is 30.1 Å². The van der Waals surface area contributed by atoms with Gasteiger partial charge in [-0.1, -0.05) is 25.3 Å². The van der Waals surface area contributed by atoms with E-state index in [2.05, 4.69) is 15.6 Å². The van der Waals surface area contributed by atoms with E-state index < -0.39 is 0 Å². The predicted molar refractivity (Wildman–Crippen MR) is 75.7 cm³/mol. The van der Waals surface area contributed by atoms with Crippen LogP contribution in [0.1, 0.15) is 50.6 Å². The number of nitrogens with one attached hydrogen (secondary N) is 2. The largest absolute Gasteiger partial charge is 0.352 e. The van der Waals surface area contributed by atoms with Gasteiger partial charge in [-0.15, -0.1) is 0 Å². The lowest BCUT2D eigenvalue weighted by molar-refractivity contribution is -0.121. The van der Waals surface area contributed by atoms with Crippen molar-refractivity contribution in [1.82, 2.24) is 15.6 Å². The fourth-order valence-electron chi connectivity index (χ4n) is 2.52. The summed E-state index contributed by atoms with van der Waals surface area (Å²) < 4.78 is 0. The first-order valence-corrected chi connectivity index (χ1v) is 7.18. The Kier molecular flexibility index (Phi) is 5.33. The number of carbonyl (C=O) groups is 1. The van der Waals surface area contributed by atoms with Crippen molar-refractivity contribution in [1.29, 1.82) is 0 Å². The minimum atomic E-state index is 0.0997. The smallest absolute Gasteiger partial charge is 0.234 e. The number of nitrogens with zero attached hydrogens (tertiary/aromatic N) is 1. The first-order valence-electron chi connectivity index (χ1n) is 7.18. The van der Waals surface area contributed by atoms with Crippen LogP contribution in [-0.2, 0) is 4.79 Å². The molecule has 2 N–H and O–H groups in total. The van der Waals surface area contributed by atoms with E-state index >= 15 is 0 Å². The van der Waals surface area contributed by atoms with Gasteiger partial charge in [0.1, 0.15) is 0 Å². The second-order valence-corrected chi connectivity index (χ2v) is 5.29. The van der Waals surface area contributed by atoms with Crippen molar-refractivity contribution in [2.75, 3.05) is 6.54 Å². The van der Waals surface area contributed by atoms with Crippen molar-refractivity contribution in [2.24, 2.45) is 0 Å². The highest BCUT2D eigenvalue weighted by molar-refractivity contribution is 5.78. The van der Waals surface area contributed by atoms with E-state index in [4.69, 9.17) is 0 Å². The minimum absolute atomic E-state index is 0.0997. The molecule has 2 rings (SSSR count). The van der Waals surface area contributed by atoms with E-state index in [0.29, 0.717) is 12.6 Å². The molecule has 1 saturated carbocycles. The summed E-state index contributed by atoms with van der Waals surface area (Å²) in [7, 11) is 0. The van der Waals surface area contributed by atoms with Gasteiger partial charge in [0, 0.05) is 24.5 Å². The van der Waals surface area contributed by atoms with Crippen molar-refractivity contribution in [3.63, 3.8) is 0 Å². The van der Waals surface area contributed by atoms with Crippen LogP contribution in [-0.4, -0.2) is 23.5 Å². The SMILES string of the molecule is CC(NCC(=O)NC1CCCCC1)c1cccnc1. The Balaban J connectivity index is 1.71. The number of aromatic nitrogens is 1. The Morgan fingerprint density at radius 3 is 2.89 bits per heavy atom. The van der Waals surface area contributed by atoms with E-state index in [1.807, 2.05) is 25.3 Å². The maximum atomic E-state index is 11.9. The summed E-state index contributed by atoms with van der Waals surface area (Å²) in [6.45, 7) is 2.41. The lowest BCUT2D eigenvalue weighted by Gasteiger charge is -2.23. The molecule has 1 aliphatic rings. The van der Waals surface area contributed by atoms with Crippen LogP contribution >= 0.6 is 0 Å². The predicted octanol–water partition coefficient (Wildman–Crippen LogP) is 2.18. The maximum absolute atomic E-state index is 11.9. The van der Waals surface area contributed by atoms with Gasteiger partial charge >= 0.3 is 0 Å². The zero-order valence-corrected chi connectivity index (χ0v) is 11.6. The number of hydrogen-bond donors (Lipinski definition) is 2. The topological polar surface area (TPSA) is 54.0 Å². The van der Waals surface area contributed by atoms with Gasteiger partial charge in [-0.05, 0) is 31.4 Å². The summed E-state index contributed by atoms with van der Waals surface area (Å²) in [5.41, 5.74) is 1.10. The van der Waals surface area contributed by atoms with Crippen LogP contribution in [0.2, 0.25) is 0 Å². The third-order valence-electron chi connectivity index (χ3n) is 3.72. The second kappa shape index (κ2) is 7.24. The van der Waals surface area contributed by atoms with E-state index in [-0.39, 0.29) is 11.9 Å². The van der Waals surface area contributed by atoms with Crippen LogP contribution < -0.4 is 10.6 Å². The van der Waals surface area contributed by atoms with Gasteiger partial charge in [0.25, 0.3) is 0 Å². The highest BCUT2D eigenvalue weighted by Crippen LogP contribution is 2.17. The molecule has 1 aliphatic carbocycles. The maximum Gasteiger partial charge on any atom is 0.234 e. The molecule has 1 amide bonds. The molecule has 0 aliphatic heterocycles. The molecule has 1 aromatic rings. The summed E-state index contributed by atoms with van der Waals surface area (Å²) in [4.78, 5) is 15.9. The third kappa shape index (κ3) is 4.63. The fraction of sp³-hybridized carbons (Fsp3) is 0.600. The molecule has 4 heteroatoms. The molecule has 1 aromatic heterocycles. The molecule has 0 spiro atoms. The van der Waals surface area contributed by atoms with Crippen LogP contribution in [0.5, 0.6) is 0 Å². The number of rotatable bonds is 5. The Labute approximate surface area is 115 Å². The summed E-state index contributed by atoms with van der Waals surface area (Å²) >= 11 is 0. The van der Waals surface area contributed by atoms with Gasteiger partial charge in [-0.2, -0.15) is 0 Å². The summed E-state index contributed by atoms with van der Waals surface area (Å²) in [5.74, 6) is 0.0997. The minimum Gasteiger partial charge on any atom is -0.352 e. The van der Waals surface area contributed by atoms with Gasteiger partial charge in [-0.25, -0.2) is 0 Å². The van der Waals surface area contributed by atoms with Crippen LogP contribution in [0.4, 0.5) is 0 Å². The average Bonchev–Trinajstić information content (AvgIpc) is 2.47. The van der Waals surface area contributed by atoms with E-state index in [9.17, 15) is 4.79 Å². The van der Waals surface area contributed by atoms with Crippen molar-refractivity contribution < 1.29 is 4.79 Å². The standard InChI is InChI=1S/C15H23N3O/c1-12(13-6-5-9-16-10-13)17-11-15(19)18-14-7-3-2-4-8-14/h5-6,9-10,12,14,17H,2-4,7-8,11H2,1H3,(H,18,19). The molecule has 0 aromatic carbocycles. The third-order valence-corrected chi connectivity index (χ3v) is 3.72. The molecular weight excluding hydrogens is 238 g/mol. The molecule has 0 saturated heterocycles. The number of carbonyl (C=O) groups excluding carboxylic acids is 1. The second-order valence-electron chi connectivity index (χ2n) is 5.29. The number of pyridine rings is 1. The van der Waals surface area contributed by atoms with Gasteiger partial charge in [0.2, 0.25) is 5.91 Å². The summed E-state index contributed by atoms with van der Waals surface area (Å²) in [6.07, 6.45) is 9.63. The van der Waals surface area contributed by atoms with E-state index in [1.165, 1.54) is 19.3 Å². The fourth-order valence-corrected chi connectivity index (χ4v) is 2.52. The molecule has 1 heterocycles. The first-order chi connectivity index (χ1) is 9.25. The average molecular weight is 261 g/mol. The van der Waals surface area contributed by atoms with Crippen LogP contribution in [0.15, 0.2) is 24.5 Å². The van der Waals surface area contributed by atoms with Crippen LogP contribution in [0, 0.1) is 0 Å². The molecule has 4 nitrogen and oxygen atoms in total. The highest BCUT2D eigenvalue weighted by Gasteiger charge is 2.15. The van der Waals surface area contributed by atoms with Crippen molar-refractivity contribution in [3.8, 4) is 0 Å². The zero-order chi connectivity index (χ0) is 13.5. The normalized spacial score (nSPS) is 17.9. The Morgan fingerprint density at radius 1 is 1.42 bits per heavy atom. The lowest BCUT2D eigenvalue weighted by Crippen LogP contribution is -2.41. The molecule has 104 valence electrons. The van der Waals surface area contributed by atoms with Crippen molar-refractivity contribution in [2.45, 2.75) is 51.1 Å². The molecule has 0 bridgehead atoms. The van der Waals surface area contributed by atoms with Gasteiger partial charge in [-0.3, -0.25) is 9.78 Å². The van der Waals surface area contributed by atoms with Gasteiger partial charge in [0.05, 0.1) is 6.54 Å². The molecular formula is C15H23N3O. The zero-order valence-electron chi connectivity index (χ0n) is 11.6. The number of amides is 1. The Morgan fingerprint density at radius 2 is 2.21 bits per heavy atom. The molecule has 0 radical (unpaired) electrons. The summed E-state index contributed by atoms with van der Waals surface area (Å²) in [6, 6.07) is 4.46. The van der Waals surface area contributed by atoms with Gasteiger partial charge < -0.3 is 10.6 Å². The van der Waals surface area contributed by atoms with Crippen LogP contribution in [0.3, 0.4) is 0 Å². The lowest BCUT2D eigenvalue weighted by atomic mass is 9.95. The van der Waals surface area contributed by atoms with Crippen LogP contribution in [0.25, 0.3) is 0 Å². The molecule has 1 unspecified atom stereocenters. The Bertz CT molecular complexity index is 388. The monoisotopic (exact) mass is 261 g/mol. The quantitative estimate of drug-likeness (QED) is 0.854. The number of hydrogen-bond acceptors (Lipinski definition) is 3. The van der Waals surface area contributed by atoms with E-state index in [1.54, 1.807) is 6.20 Å². The molecule has 1 fully saturated rings. The first kappa shape index (κ1) is 14.0. The van der Waals surface area contributed by atoms with E-state index in [0.717, 1.165) is 18.4 Å². The Hall–Kier alpha value is -1.42.